The third-order valence-electron chi connectivity index (χ3n) is 2.62. The van der Waals surface area contributed by atoms with Crippen LogP contribution < -0.4 is 4.74 Å². The van der Waals surface area contributed by atoms with Crippen LogP contribution in [0.15, 0.2) is 22.7 Å². The third-order valence-corrected chi connectivity index (χ3v) is 3.31. The van der Waals surface area contributed by atoms with Crippen molar-refractivity contribution in [1.82, 2.24) is 0 Å². The van der Waals surface area contributed by atoms with Crippen molar-refractivity contribution in [3.8, 4) is 11.8 Å². The fourth-order valence-corrected chi connectivity index (χ4v) is 1.90. The molecule has 21 heavy (non-hydrogen) atoms. The second-order valence-corrected chi connectivity index (χ2v) is 4.99. The van der Waals surface area contributed by atoms with E-state index in [1.165, 1.54) is 20.1 Å². The topological polar surface area (TPSA) is 100 Å². The minimum absolute atomic E-state index is 0.0823. The van der Waals surface area contributed by atoms with Gasteiger partial charge in [-0.05, 0) is 41.1 Å². The molecule has 0 spiro atoms. The van der Waals surface area contributed by atoms with Gasteiger partial charge in [-0.2, -0.15) is 5.26 Å². The predicted octanol–water partition coefficient (Wildman–Crippen LogP) is 2.36. The Labute approximate surface area is 130 Å². The fourth-order valence-electron chi connectivity index (χ4n) is 1.50. The number of nitriles is 1. The average Bonchev–Trinajstić information content (AvgIpc) is 2.45. The van der Waals surface area contributed by atoms with Crippen molar-refractivity contribution >= 4 is 33.4 Å². The minimum atomic E-state index is -1.19. The van der Waals surface area contributed by atoms with Crippen molar-refractivity contribution in [2.75, 3.05) is 13.7 Å². The van der Waals surface area contributed by atoms with Crippen LogP contribution in [0.25, 0.3) is 0 Å². The van der Waals surface area contributed by atoms with Crippen molar-refractivity contribution in [1.29, 1.82) is 10.7 Å². The highest BCUT2D eigenvalue weighted by molar-refractivity contribution is 9.10. The first-order valence-corrected chi connectivity index (χ1v) is 6.68. The monoisotopic (exact) mass is 352 g/mol. The maximum absolute atomic E-state index is 11.9. The molecule has 6 nitrogen and oxygen atoms in total. The second kappa shape index (κ2) is 7.55. The van der Waals surface area contributed by atoms with Gasteiger partial charge in [-0.3, -0.25) is 4.79 Å². The quantitative estimate of drug-likeness (QED) is 0.625. The number of esters is 1. The largest absolute Gasteiger partial charge is 0.497 e. The van der Waals surface area contributed by atoms with Crippen molar-refractivity contribution in [2.24, 2.45) is 5.92 Å². The van der Waals surface area contributed by atoms with Crippen LogP contribution >= 0.6 is 15.9 Å². The summed E-state index contributed by atoms with van der Waals surface area (Å²) in [5, 5.41) is 16.1. The Kier molecular flexibility index (Phi) is 6.06. The number of carbonyl (C=O) groups excluding carboxylic acids is 2. The molecule has 0 fully saturated rings. The summed E-state index contributed by atoms with van der Waals surface area (Å²) in [6, 6.07) is 6.46. The Morgan fingerprint density at radius 2 is 2.14 bits per heavy atom. The zero-order valence-corrected chi connectivity index (χ0v) is 13.1. The van der Waals surface area contributed by atoms with Crippen LogP contribution in [0.3, 0.4) is 0 Å². The lowest BCUT2D eigenvalue weighted by Gasteiger charge is -2.09. The van der Waals surface area contributed by atoms with Crippen molar-refractivity contribution < 1.29 is 19.1 Å². The highest BCUT2D eigenvalue weighted by Gasteiger charge is 2.22. The van der Waals surface area contributed by atoms with Gasteiger partial charge in [-0.25, -0.2) is 4.79 Å². The van der Waals surface area contributed by atoms with Gasteiger partial charge in [0.1, 0.15) is 11.7 Å². The molecule has 0 aliphatic heterocycles. The van der Waals surface area contributed by atoms with E-state index in [4.69, 9.17) is 20.1 Å². The lowest BCUT2D eigenvalue weighted by atomic mass is 10.0. The van der Waals surface area contributed by atoms with E-state index < -0.39 is 24.3 Å². The van der Waals surface area contributed by atoms with Crippen LogP contribution in [-0.2, 0) is 9.53 Å². The average molecular weight is 353 g/mol. The standard InChI is InChI=1S/C14H13BrN2O4/c1-8(17)11(6-16)13(18)7-21-14(19)10-5-9(20-2)3-4-12(10)15/h3-5,11,17H,7H2,1-2H3. The number of carbonyl (C=O) groups is 2. The summed E-state index contributed by atoms with van der Waals surface area (Å²) in [5.74, 6) is -2.06. The SMILES string of the molecule is COc1ccc(Br)c(C(=O)OCC(=O)C(C#N)C(C)=N)c1. The molecule has 0 saturated heterocycles. The molecule has 1 atom stereocenters. The number of ether oxygens (including phenoxy) is 2. The van der Waals surface area contributed by atoms with E-state index in [9.17, 15) is 9.59 Å². The summed E-state index contributed by atoms with van der Waals surface area (Å²) in [5.41, 5.74) is 0.128. The van der Waals surface area contributed by atoms with Gasteiger partial charge in [-0.15, -0.1) is 0 Å². The Hall–Kier alpha value is -2.20. The van der Waals surface area contributed by atoms with Crippen LogP contribution in [0.4, 0.5) is 0 Å². The van der Waals surface area contributed by atoms with Gasteiger partial charge >= 0.3 is 5.97 Å². The lowest BCUT2D eigenvalue weighted by Crippen LogP contribution is -2.25. The Balaban J connectivity index is 2.77. The van der Waals surface area contributed by atoms with E-state index >= 15 is 0 Å². The van der Waals surface area contributed by atoms with E-state index in [1.54, 1.807) is 18.2 Å². The zero-order valence-electron chi connectivity index (χ0n) is 11.5. The number of rotatable bonds is 6. The van der Waals surface area contributed by atoms with E-state index in [0.29, 0.717) is 10.2 Å². The summed E-state index contributed by atoms with van der Waals surface area (Å²) in [6.07, 6.45) is 0. The van der Waals surface area contributed by atoms with Gasteiger partial charge in [0.15, 0.2) is 12.4 Å². The molecule has 0 bridgehead atoms. The molecule has 0 aliphatic carbocycles. The summed E-state index contributed by atoms with van der Waals surface area (Å²) in [4.78, 5) is 23.6. The Morgan fingerprint density at radius 1 is 1.48 bits per heavy atom. The number of nitrogens with one attached hydrogen (secondary N) is 1. The number of Topliss-reactive ketones (excluding diaryl/α,β-unsaturated/α-hetero) is 1. The molecule has 0 radical (unpaired) electrons. The zero-order chi connectivity index (χ0) is 16.0. The maximum atomic E-state index is 11.9. The highest BCUT2D eigenvalue weighted by Crippen LogP contribution is 2.23. The van der Waals surface area contributed by atoms with Crippen molar-refractivity contribution in [3.05, 3.63) is 28.2 Å². The Bertz CT molecular complexity index is 622. The van der Waals surface area contributed by atoms with Crippen molar-refractivity contribution in [3.63, 3.8) is 0 Å². The van der Waals surface area contributed by atoms with Crippen LogP contribution in [-0.4, -0.2) is 31.2 Å². The fraction of sp³-hybridized carbons (Fsp3) is 0.286. The third kappa shape index (κ3) is 4.39. The second-order valence-electron chi connectivity index (χ2n) is 4.13. The first kappa shape index (κ1) is 16.9. The summed E-state index contributed by atoms with van der Waals surface area (Å²) >= 11 is 3.21. The van der Waals surface area contributed by atoms with E-state index in [0.717, 1.165) is 0 Å². The number of benzene rings is 1. The molecule has 0 heterocycles. The smallest absolute Gasteiger partial charge is 0.339 e. The van der Waals surface area contributed by atoms with Crippen LogP contribution in [0.2, 0.25) is 0 Å². The van der Waals surface area contributed by atoms with Gasteiger partial charge < -0.3 is 14.9 Å². The van der Waals surface area contributed by atoms with Gasteiger partial charge in [0, 0.05) is 10.2 Å². The summed E-state index contributed by atoms with van der Waals surface area (Å²) in [7, 11) is 1.46. The first-order chi connectivity index (χ1) is 9.90. The number of methoxy groups -OCH3 is 1. The Morgan fingerprint density at radius 3 is 2.67 bits per heavy atom. The van der Waals surface area contributed by atoms with Gasteiger partial charge in [0.05, 0.1) is 18.7 Å². The molecule has 1 rings (SSSR count). The van der Waals surface area contributed by atoms with Gasteiger partial charge in [-0.1, -0.05) is 0 Å². The predicted molar refractivity (Wildman–Crippen MR) is 78.5 cm³/mol. The van der Waals surface area contributed by atoms with Crippen LogP contribution in [0.1, 0.15) is 17.3 Å². The highest BCUT2D eigenvalue weighted by atomic mass is 79.9. The number of halogens is 1. The van der Waals surface area contributed by atoms with Crippen LogP contribution in [0.5, 0.6) is 5.75 Å². The molecular formula is C14H13BrN2O4. The van der Waals surface area contributed by atoms with E-state index in [2.05, 4.69) is 15.9 Å². The van der Waals surface area contributed by atoms with Gasteiger partial charge in [0.2, 0.25) is 0 Å². The molecule has 1 aromatic rings. The normalized spacial score (nSPS) is 11.1. The summed E-state index contributed by atoms with van der Waals surface area (Å²) in [6.45, 7) is 0.795. The molecule has 0 aromatic heterocycles. The van der Waals surface area contributed by atoms with E-state index in [-0.39, 0.29) is 11.3 Å². The molecule has 1 aromatic carbocycles. The minimum Gasteiger partial charge on any atom is -0.497 e. The molecule has 0 amide bonds. The maximum Gasteiger partial charge on any atom is 0.339 e. The first-order valence-electron chi connectivity index (χ1n) is 5.88. The molecule has 1 N–H and O–H groups in total. The molecule has 110 valence electrons. The number of nitrogens with zero attached hydrogens (tertiary/aromatic N) is 1. The summed E-state index contributed by atoms with van der Waals surface area (Å²) < 4.78 is 10.4. The lowest BCUT2D eigenvalue weighted by molar-refractivity contribution is -0.122. The number of hydrogen-bond acceptors (Lipinski definition) is 6. The molecular weight excluding hydrogens is 340 g/mol. The number of hydrogen-bond donors (Lipinski definition) is 1. The molecule has 0 aliphatic rings. The van der Waals surface area contributed by atoms with Crippen molar-refractivity contribution in [2.45, 2.75) is 6.92 Å². The number of ketones is 1. The van der Waals surface area contributed by atoms with E-state index in [1.807, 2.05) is 0 Å². The van der Waals surface area contributed by atoms with Gasteiger partial charge in [0.25, 0.3) is 0 Å². The molecule has 0 saturated carbocycles. The van der Waals surface area contributed by atoms with Crippen LogP contribution in [0, 0.1) is 22.7 Å². The molecule has 7 heteroatoms. The molecule has 1 unspecified atom stereocenters.